The number of hydrogen-bond acceptors (Lipinski definition) is 1. The zero-order valence-corrected chi connectivity index (χ0v) is 8.79. The van der Waals surface area contributed by atoms with Crippen molar-refractivity contribution >= 4 is 21.7 Å². The molecular weight excluding hydrogens is 261 g/mol. The summed E-state index contributed by atoms with van der Waals surface area (Å²) in [7, 11) is 0. The zero-order chi connectivity index (χ0) is 10.9. The van der Waals surface area contributed by atoms with Gasteiger partial charge in [-0.1, -0.05) is 0 Å². The van der Waals surface area contributed by atoms with E-state index in [2.05, 4.69) is 15.9 Å². The topological polar surface area (TPSA) is 17.1 Å². The molecule has 1 nitrogen and oxygen atoms in total. The fourth-order valence-electron chi connectivity index (χ4n) is 1.02. The van der Waals surface area contributed by atoms with Crippen molar-refractivity contribution in [3.05, 3.63) is 33.6 Å². The third kappa shape index (κ3) is 2.15. The van der Waals surface area contributed by atoms with Crippen molar-refractivity contribution < 1.29 is 18.0 Å². The molecule has 0 bridgehead atoms. The minimum atomic E-state index is -1.30. The first-order chi connectivity index (χ1) is 6.43. The Bertz CT molecular complexity index is 390. The fourth-order valence-corrected chi connectivity index (χ4v) is 1.31. The Morgan fingerprint density at radius 2 is 1.93 bits per heavy atom. The van der Waals surface area contributed by atoms with Crippen molar-refractivity contribution in [2.45, 2.75) is 13.3 Å². The monoisotopic (exact) mass is 266 g/mol. The van der Waals surface area contributed by atoms with Crippen LogP contribution in [0.3, 0.4) is 0 Å². The smallest absolute Gasteiger partial charge is 0.176 e. The number of carbonyl (C=O) groups is 1. The van der Waals surface area contributed by atoms with E-state index in [0.29, 0.717) is 0 Å². The van der Waals surface area contributed by atoms with E-state index in [9.17, 15) is 18.0 Å². The van der Waals surface area contributed by atoms with Gasteiger partial charge in [0.1, 0.15) is 11.6 Å². The highest BCUT2D eigenvalue weighted by Gasteiger charge is 2.17. The molecular formula is C9H6BrF3O. The quantitative estimate of drug-likeness (QED) is 0.594. The molecule has 1 aromatic rings. The summed E-state index contributed by atoms with van der Waals surface area (Å²) in [6.07, 6.45) is -0.313. The Hall–Kier alpha value is -0.840. The first-order valence-electron chi connectivity index (χ1n) is 3.74. The molecule has 14 heavy (non-hydrogen) atoms. The molecule has 76 valence electrons. The number of rotatable bonds is 2. The molecule has 0 saturated heterocycles. The van der Waals surface area contributed by atoms with Gasteiger partial charge < -0.3 is 0 Å². The summed E-state index contributed by atoms with van der Waals surface area (Å²) in [6.45, 7) is 1.22. The number of hydrogen-bond donors (Lipinski definition) is 0. The Labute approximate surface area is 87.1 Å². The van der Waals surface area contributed by atoms with Gasteiger partial charge in [-0.3, -0.25) is 4.79 Å². The van der Waals surface area contributed by atoms with E-state index in [1.54, 1.807) is 0 Å². The minimum Gasteiger partial charge on any atom is -0.300 e. The summed E-state index contributed by atoms with van der Waals surface area (Å²) in [5.74, 6) is -3.76. The molecule has 0 aliphatic rings. The Kier molecular flexibility index (Phi) is 3.31. The van der Waals surface area contributed by atoms with Crippen LogP contribution in [0.5, 0.6) is 0 Å². The lowest BCUT2D eigenvalue weighted by atomic mass is 10.1. The fraction of sp³-hybridized carbons (Fsp3) is 0.222. The van der Waals surface area contributed by atoms with Gasteiger partial charge in [0.05, 0.1) is 4.47 Å². The molecule has 0 amide bonds. The van der Waals surface area contributed by atoms with Gasteiger partial charge in [0.25, 0.3) is 0 Å². The predicted octanol–water partition coefficient (Wildman–Crippen LogP) is 3.00. The summed E-state index contributed by atoms with van der Waals surface area (Å²) in [5, 5.41) is 0. The molecule has 0 aliphatic carbocycles. The summed E-state index contributed by atoms with van der Waals surface area (Å²) < 4.78 is 38.4. The van der Waals surface area contributed by atoms with Gasteiger partial charge in [0.2, 0.25) is 0 Å². The van der Waals surface area contributed by atoms with E-state index in [0.717, 1.165) is 6.07 Å². The highest BCUT2D eigenvalue weighted by molar-refractivity contribution is 9.10. The highest BCUT2D eigenvalue weighted by atomic mass is 79.9. The number of halogens is 4. The van der Waals surface area contributed by atoms with E-state index in [1.165, 1.54) is 6.92 Å². The third-order valence-corrected chi connectivity index (χ3v) is 2.34. The SMILES string of the molecule is CC(=O)Cc1cc(F)c(Br)c(F)c1F. The number of benzene rings is 1. The highest BCUT2D eigenvalue weighted by Crippen LogP contribution is 2.25. The lowest BCUT2D eigenvalue weighted by Gasteiger charge is -2.04. The average Bonchev–Trinajstić information content (AvgIpc) is 2.10. The van der Waals surface area contributed by atoms with Gasteiger partial charge in [-0.2, -0.15) is 0 Å². The molecule has 5 heteroatoms. The maximum absolute atomic E-state index is 13.1. The van der Waals surface area contributed by atoms with Crippen LogP contribution in [0.15, 0.2) is 10.5 Å². The maximum atomic E-state index is 13.1. The Morgan fingerprint density at radius 3 is 2.43 bits per heavy atom. The second kappa shape index (κ2) is 4.13. The summed E-state index contributed by atoms with van der Waals surface area (Å²) in [6, 6.07) is 0.809. The Morgan fingerprint density at radius 1 is 1.36 bits per heavy atom. The summed E-state index contributed by atoms with van der Waals surface area (Å²) in [5.41, 5.74) is -0.268. The van der Waals surface area contributed by atoms with E-state index in [-0.39, 0.29) is 17.8 Å². The van der Waals surface area contributed by atoms with Gasteiger partial charge in [-0.15, -0.1) is 0 Å². The van der Waals surface area contributed by atoms with Crippen LogP contribution >= 0.6 is 15.9 Å². The second-order valence-corrected chi connectivity index (χ2v) is 3.63. The van der Waals surface area contributed by atoms with Crippen LogP contribution < -0.4 is 0 Å². The van der Waals surface area contributed by atoms with Crippen molar-refractivity contribution in [2.24, 2.45) is 0 Å². The average molecular weight is 267 g/mol. The molecule has 0 radical (unpaired) electrons. The second-order valence-electron chi connectivity index (χ2n) is 2.84. The third-order valence-electron chi connectivity index (χ3n) is 1.62. The van der Waals surface area contributed by atoms with Gasteiger partial charge in [0.15, 0.2) is 11.6 Å². The molecule has 0 heterocycles. The van der Waals surface area contributed by atoms with Crippen molar-refractivity contribution in [1.82, 2.24) is 0 Å². The molecule has 0 unspecified atom stereocenters. The normalized spacial score (nSPS) is 10.4. The first kappa shape index (κ1) is 11.2. The van der Waals surface area contributed by atoms with Crippen molar-refractivity contribution in [3.63, 3.8) is 0 Å². The Balaban J connectivity index is 3.25. The van der Waals surface area contributed by atoms with Gasteiger partial charge in [0, 0.05) is 12.0 Å². The van der Waals surface area contributed by atoms with E-state index in [1.807, 2.05) is 0 Å². The molecule has 1 rings (SSSR count). The molecule has 0 aliphatic heterocycles. The molecule has 0 fully saturated rings. The predicted molar refractivity (Wildman–Crippen MR) is 48.4 cm³/mol. The lowest BCUT2D eigenvalue weighted by molar-refractivity contribution is -0.116. The number of Topliss-reactive ketones (excluding diaryl/α,β-unsaturated/α-hetero) is 1. The molecule has 0 aromatic heterocycles. The van der Waals surface area contributed by atoms with Crippen LogP contribution in [0, 0.1) is 17.5 Å². The van der Waals surface area contributed by atoms with Crippen molar-refractivity contribution in [1.29, 1.82) is 0 Å². The van der Waals surface area contributed by atoms with Crippen LogP contribution in [0.1, 0.15) is 12.5 Å². The van der Waals surface area contributed by atoms with Crippen LogP contribution in [0.2, 0.25) is 0 Å². The van der Waals surface area contributed by atoms with Crippen LogP contribution in [-0.2, 0) is 11.2 Å². The molecule has 0 spiro atoms. The van der Waals surface area contributed by atoms with Crippen molar-refractivity contribution in [3.8, 4) is 0 Å². The van der Waals surface area contributed by atoms with E-state index < -0.39 is 21.9 Å². The molecule has 1 aromatic carbocycles. The van der Waals surface area contributed by atoms with Crippen LogP contribution in [0.25, 0.3) is 0 Å². The molecule has 0 saturated carbocycles. The minimum absolute atomic E-state index is 0.268. The number of carbonyl (C=O) groups excluding carboxylic acids is 1. The first-order valence-corrected chi connectivity index (χ1v) is 4.54. The molecule has 0 N–H and O–H groups in total. The van der Waals surface area contributed by atoms with Gasteiger partial charge in [-0.05, 0) is 28.9 Å². The van der Waals surface area contributed by atoms with E-state index in [4.69, 9.17) is 0 Å². The van der Waals surface area contributed by atoms with Crippen LogP contribution in [0.4, 0.5) is 13.2 Å². The summed E-state index contributed by atoms with van der Waals surface area (Å²) in [4.78, 5) is 10.6. The standard InChI is InChI=1S/C9H6BrF3O/c1-4(14)2-5-3-6(11)7(10)9(13)8(5)12/h3H,2H2,1H3. The van der Waals surface area contributed by atoms with Gasteiger partial charge in [-0.25, -0.2) is 13.2 Å². The van der Waals surface area contributed by atoms with Crippen LogP contribution in [-0.4, -0.2) is 5.78 Å². The maximum Gasteiger partial charge on any atom is 0.176 e. The van der Waals surface area contributed by atoms with Crippen molar-refractivity contribution in [2.75, 3.05) is 0 Å². The molecule has 0 atom stereocenters. The zero-order valence-electron chi connectivity index (χ0n) is 7.20. The summed E-state index contributed by atoms with van der Waals surface area (Å²) >= 11 is 2.56. The largest absolute Gasteiger partial charge is 0.300 e. The van der Waals surface area contributed by atoms with E-state index >= 15 is 0 Å². The van der Waals surface area contributed by atoms with Gasteiger partial charge >= 0.3 is 0 Å². The lowest BCUT2D eigenvalue weighted by Crippen LogP contribution is -2.03. The number of ketones is 1.